The van der Waals surface area contributed by atoms with E-state index in [1.54, 1.807) is 13.2 Å². The number of carbonyl (C=O) groups is 1. The number of hydroxylamine groups is 1. The molecular weight excluding hydrogens is 330 g/mol. The summed E-state index contributed by atoms with van der Waals surface area (Å²) in [6.45, 7) is 1.71. The number of nitrogens with one attached hydrogen (secondary N) is 1. The maximum Gasteiger partial charge on any atom is 0.226 e. The van der Waals surface area contributed by atoms with Crippen LogP contribution in [0.25, 0.3) is 0 Å². The first-order valence-electron chi connectivity index (χ1n) is 9.61. The molecule has 0 spiro atoms. The van der Waals surface area contributed by atoms with E-state index in [1.807, 2.05) is 12.1 Å². The topological polar surface area (TPSA) is 81.1 Å². The van der Waals surface area contributed by atoms with Crippen LogP contribution in [-0.4, -0.2) is 59.1 Å². The second-order valence-electron chi connectivity index (χ2n) is 7.62. The molecule has 7 nitrogen and oxygen atoms in total. The maximum absolute atomic E-state index is 12.9. The van der Waals surface area contributed by atoms with Crippen molar-refractivity contribution in [3.8, 4) is 0 Å². The minimum atomic E-state index is 0.260. The molecule has 3 aliphatic heterocycles. The van der Waals surface area contributed by atoms with Crippen LogP contribution in [0.1, 0.15) is 44.1 Å². The van der Waals surface area contributed by atoms with Crippen LogP contribution >= 0.6 is 0 Å². The van der Waals surface area contributed by atoms with E-state index in [2.05, 4.69) is 25.3 Å². The van der Waals surface area contributed by atoms with Crippen molar-refractivity contribution in [3.05, 3.63) is 23.9 Å². The fourth-order valence-corrected chi connectivity index (χ4v) is 4.67. The Morgan fingerprint density at radius 1 is 1.23 bits per heavy atom. The standard InChI is InChI=1S/C19H27N5O2/c1-20-18(22-26)14-7-8-17(21-10-14)23-11-15-9-16(12-23)24(15)19(25)13-5-3-2-4-6-13/h7-8,10,13,15-16,26H,2-6,9,11-12H2,1H3,(H,20,22). The number of rotatable bonds is 3. The number of carbonyl (C=O) groups excluding carboxylic acids is 1. The molecule has 140 valence electrons. The average Bonchev–Trinajstić information content (AvgIpc) is 2.70. The molecule has 1 aromatic rings. The van der Waals surface area contributed by atoms with Crippen molar-refractivity contribution in [3.63, 3.8) is 0 Å². The Hall–Kier alpha value is -2.15. The minimum Gasteiger partial charge on any atom is -0.352 e. The number of pyridine rings is 1. The molecule has 2 atom stereocenters. The molecule has 0 aromatic carbocycles. The zero-order chi connectivity index (χ0) is 18.1. The first-order valence-corrected chi connectivity index (χ1v) is 9.61. The van der Waals surface area contributed by atoms with Crippen LogP contribution in [-0.2, 0) is 4.79 Å². The summed E-state index contributed by atoms with van der Waals surface area (Å²) in [5, 5.41) is 9.07. The maximum atomic E-state index is 12.9. The van der Waals surface area contributed by atoms with Crippen LogP contribution in [0, 0.1) is 5.92 Å². The summed E-state index contributed by atoms with van der Waals surface area (Å²) in [5.74, 6) is 1.97. The predicted molar refractivity (Wildman–Crippen MR) is 99.4 cm³/mol. The summed E-state index contributed by atoms with van der Waals surface area (Å²) in [6, 6.07) is 4.52. The van der Waals surface area contributed by atoms with E-state index in [-0.39, 0.29) is 5.92 Å². The third-order valence-corrected chi connectivity index (χ3v) is 6.08. The second kappa shape index (κ2) is 7.23. The summed E-state index contributed by atoms with van der Waals surface area (Å²) in [7, 11) is 1.61. The monoisotopic (exact) mass is 357 g/mol. The van der Waals surface area contributed by atoms with Gasteiger partial charge in [-0.15, -0.1) is 0 Å². The summed E-state index contributed by atoms with van der Waals surface area (Å²) >= 11 is 0. The van der Waals surface area contributed by atoms with Gasteiger partial charge in [0.05, 0.1) is 12.1 Å². The Bertz CT molecular complexity index is 672. The first-order chi connectivity index (χ1) is 12.7. The summed E-state index contributed by atoms with van der Waals surface area (Å²) in [4.78, 5) is 25.8. The molecule has 0 radical (unpaired) electrons. The molecule has 1 aromatic heterocycles. The summed E-state index contributed by atoms with van der Waals surface area (Å²) in [5.41, 5.74) is 2.83. The Balaban J connectivity index is 1.40. The Kier molecular flexibility index (Phi) is 4.80. The number of fused-ring (bicyclic) bond motifs is 2. The number of aromatic nitrogens is 1. The lowest BCUT2D eigenvalue weighted by Crippen LogP contribution is -2.71. The van der Waals surface area contributed by atoms with Crippen molar-refractivity contribution in [2.45, 2.75) is 50.6 Å². The lowest BCUT2D eigenvalue weighted by atomic mass is 9.82. The highest BCUT2D eigenvalue weighted by Crippen LogP contribution is 2.37. The molecule has 7 heteroatoms. The molecule has 26 heavy (non-hydrogen) atoms. The Morgan fingerprint density at radius 2 is 1.96 bits per heavy atom. The van der Waals surface area contributed by atoms with Crippen LogP contribution in [0.2, 0.25) is 0 Å². The normalized spacial score (nSPS) is 26.5. The molecule has 4 aliphatic rings. The lowest BCUT2D eigenvalue weighted by molar-refractivity contribution is -0.151. The number of hydrogen-bond donors (Lipinski definition) is 2. The smallest absolute Gasteiger partial charge is 0.226 e. The van der Waals surface area contributed by atoms with Gasteiger partial charge in [0.15, 0.2) is 5.84 Å². The number of hydrogen-bond acceptors (Lipinski definition) is 5. The van der Waals surface area contributed by atoms with E-state index in [0.29, 0.717) is 23.8 Å². The Morgan fingerprint density at radius 3 is 2.54 bits per heavy atom. The molecule has 4 fully saturated rings. The number of amidine groups is 1. The van der Waals surface area contributed by atoms with Crippen LogP contribution in [0.5, 0.6) is 0 Å². The highest BCUT2D eigenvalue weighted by atomic mass is 16.5. The van der Waals surface area contributed by atoms with Crippen molar-refractivity contribution >= 4 is 17.6 Å². The van der Waals surface area contributed by atoms with Crippen molar-refractivity contribution in [1.82, 2.24) is 15.4 Å². The van der Waals surface area contributed by atoms with Gasteiger partial charge >= 0.3 is 0 Å². The Labute approximate surface area is 154 Å². The van der Waals surface area contributed by atoms with Gasteiger partial charge in [-0.2, -0.15) is 0 Å². The van der Waals surface area contributed by atoms with Gasteiger partial charge in [0.25, 0.3) is 0 Å². The van der Waals surface area contributed by atoms with E-state index in [0.717, 1.165) is 43.7 Å². The van der Waals surface area contributed by atoms with Crippen molar-refractivity contribution in [1.29, 1.82) is 0 Å². The zero-order valence-corrected chi connectivity index (χ0v) is 15.3. The zero-order valence-electron chi connectivity index (χ0n) is 15.3. The molecule has 4 heterocycles. The molecule has 2 unspecified atom stereocenters. The van der Waals surface area contributed by atoms with Crippen LogP contribution < -0.4 is 10.4 Å². The number of amides is 1. The van der Waals surface area contributed by atoms with E-state index < -0.39 is 0 Å². The summed E-state index contributed by atoms with van der Waals surface area (Å²) < 4.78 is 0. The van der Waals surface area contributed by atoms with Gasteiger partial charge in [-0.05, 0) is 31.4 Å². The van der Waals surface area contributed by atoms with Crippen LogP contribution in [0.15, 0.2) is 23.3 Å². The highest BCUT2D eigenvalue weighted by molar-refractivity contribution is 5.97. The predicted octanol–water partition coefficient (Wildman–Crippen LogP) is 1.81. The third-order valence-electron chi connectivity index (χ3n) is 6.08. The SMILES string of the molecule is CN=C(NO)c1ccc(N2CC3CC(C2)N3C(=O)C2CCCCC2)nc1. The van der Waals surface area contributed by atoms with Crippen molar-refractivity contribution in [2.24, 2.45) is 10.9 Å². The van der Waals surface area contributed by atoms with Crippen molar-refractivity contribution in [2.75, 3.05) is 25.0 Å². The van der Waals surface area contributed by atoms with E-state index >= 15 is 0 Å². The lowest BCUT2D eigenvalue weighted by Gasteiger charge is -2.57. The number of aliphatic imine (C=N–C) groups is 1. The van der Waals surface area contributed by atoms with E-state index in [1.165, 1.54) is 19.3 Å². The van der Waals surface area contributed by atoms with E-state index in [9.17, 15) is 4.79 Å². The fourth-order valence-electron chi connectivity index (χ4n) is 4.67. The number of piperidine rings is 1. The molecule has 5 rings (SSSR count). The largest absolute Gasteiger partial charge is 0.352 e. The molecule has 1 amide bonds. The van der Waals surface area contributed by atoms with Gasteiger partial charge in [-0.25, -0.2) is 4.98 Å². The summed E-state index contributed by atoms with van der Waals surface area (Å²) in [6.07, 6.45) is 8.66. The molecule has 1 saturated carbocycles. The molecule has 1 aliphatic carbocycles. The minimum absolute atomic E-state index is 0.260. The van der Waals surface area contributed by atoms with Gasteiger partial charge in [0, 0.05) is 37.8 Å². The van der Waals surface area contributed by atoms with Crippen LogP contribution in [0.4, 0.5) is 5.82 Å². The second-order valence-corrected chi connectivity index (χ2v) is 7.62. The van der Waals surface area contributed by atoms with Gasteiger partial charge in [0.1, 0.15) is 5.82 Å². The van der Waals surface area contributed by atoms with Crippen LogP contribution in [0.3, 0.4) is 0 Å². The van der Waals surface area contributed by atoms with Gasteiger partial charge in [0.2, 0.25) is 5.91 Å². The number of anilines is 1. The third kappa shape index (κ3) is 3.05. The highest BCUT2D eigenvalue weighted by Gasteiger charge is 2.48. The fraction of sp³-hybridized carbons (Fsp3) is 0.632. The average molecular weight is 357 g/mol. The van der Waals surface area contributed by atoms with Gasteiger partial charge in [-0.3, -0.25) is 20.5 Å². The molecular formula is C19H27N5O2. The molecule has 2 bridgehead atoms. The first kappa shape index (κ1) is 17.3. The molecule has 3 saturated heterocycles. The van der Waals surface area contributed by atoms with Crippen molar-refractivity contribution < 1.29 is 10.0 Å². The number of piperazine rings is 1. The quantitative estimate of drug-likeness (QED) is 0.490. The number of nitrogens with zero attached hydrogens (tertiary/aromatic N) is 4. The van der Waals surface area contributed by atoms with E-state index in [4.69, 9.17) is 5.21 Å². The van der Waals surface area contributed by atoms with Gasteiger partial charge < -0.3 is 9.80 Å². The molecule has 2 N–H and O–H groups in total. The van der Waals surface area contributed by atoms with Gasteiger partial charge in [-0.1, -0.05) is 19.3 Å².